The third kappa shape index (κ3) is 10.5. The number of ether oxygens (including phenoxy) is 4. The summed E-state index contributed by atoms with van der Waals surface area (Å²) in [6.07, 6.45) is 1.27. The van der Waals surface area contributed by atoms with E-state index in [1.807, 2.05) is 77.2 Å². The Bertz CT molecular complexity index is 1390. The Morgan fingerprint density at radius 2 is 1.21 bits per heavy atom. The number of hydrogen-bond donors (Lipinski definition) is 0. The smallest absolute Gasteiger partial charge is 0.258 e. The van der Waals surface area contributed by atoms with Crippen LogP contribution < -0.4 is 9.47 Å². The van der Waals surface area contributed by atoms with Gasteiger partial charge in [0.25, 0.3) is 5.03 Å². The predicted molar refractivity (Wildman–Crippen MR) is 162 cm³/mol. The summed E-state index contributed by atoms with van der Waals surface area (Å²) in [6.45, 7) is 10.8. The van der Waals surface area contributed by atoms with Gasteiger partial charge in [0, 0.05) is 25.5 Å². The molecule has 0 bridgehead atoms. The molecule has 0 amide bonds. The summed E-state index contributed by atoms with van der Waals surface area (Å²) in [4.78, 5) is 6.77. The van der Waals surface area contributed by atoms with E-state index in [1.54, 1.807) is 12.1 Å². The molecule has 10 heteroatoms. The maximum Gasteiger partial charge on any atom is 0.258 e. The molecular weight excluding hydrogens is 574 g/mol. The minimum atomic E-state index is -4.27. The molecule has 0 aliphatic carbocycles. The van der Waals surface area contributed by atoms with Gasteiger partial charge in [-0.25, -0.2) is 13.4 Å². The lowest BCUT2D eigenvalue weighted by molar-refractivity contribution is -0.0616. The molecule has 1 heterocycles. The van der Waals surface area contributed by atoms with Gasteiger partial charge in [-0.2, -0.15) is 0 Å². The summed E-state index contributed by atoms with van der Waals surface area (Å²) in [5, 5.41) is 1.01. The standard InChI is InChI=1S/C25H30NO4S.C7H8O3S/c1-5-27-19(3)29-21-10-14-23(15-11-21)31(25-9-7-8-18-26-25)24-16-12-22(13-17-24)30-20(4)28-6-2;1-6-2-4-7(5-3-6)11(8,9)10/h7-20H,5-6H2,1-4H3;2-5H,1H3,(H,8,9,10)/q+1;/p-1. The summed E-state index contributed by atoms with van der Waals surface area (Å²) in [6, 6.07) is 28.1. The van der Waals surface area contributed by atoms with Crippen LogP contribution in [0.5, 0.6) is 11.5 Å². The highest BCUT2D eigenvalue weighted by molar-refractivity contribution is 7.97. The van der Waals surface area contributed by atoms with Crippen LogP contribution in [0.3, 0.4) is 0 Å². The molecule has 0 saturated carbocycles. The third-order valence-corrected chi connectivity index (χ3v) is 8.68. The molecule has 4 aromatic rings. The number of hydrogen-bond acceptors (Lipinski definition) is 8. The second-order valence-corrected chi connectivity index (χ2v) is 12.3. The minimum Gasteiger partial charge on any atom is -0.744 e. The average molecular weight is 612 g/mol. The van der Waals surface area contributed by atoms with Crippen LogP contribution in [-0.2, 0) is 30.5 Å². The minimum absolute atomic E-state index is 0.178. The summed E-state index contributed by atoms with van der Waals surface area (Å²) in [5.74, 6) is 1.56. The van der Waals surface area contributed by atoms with E-state index in [4.69, 9.17) is 18.9 Å². The van der Waals surface area contributed by atoms with Gasteiger partial charge in [0.1, 0.15) is 32.5 Å². The molecule has 0 aliphatic heterocycles. The van der Waals surface area contributed by atoms with Gasteiger partial charge in [-0.1, -0.05) is 23.8 Å². The van der Waals surface area contributed by atoms with Crippen LogP contribution in [0.1, 0.15) is 33.3 Å². The van der Waals surface area contributed by atoms with Crippen molar-refractivity contribution in [1.82, 2.24) is 4.98 Å². The van der Waals surface area contributed by atoms with E-state index in [1.165, 1.54) is 12.1 Å². The van der Waals surface area contributed by atoms with Crippen molar-refractivity contribution in [2.75, 3.05) is 13.2 Å². The average Bonchev–Trinajstić information content (AvgIpc) is 2.96. The van der Waals surface area contributed by atoms with Gasteiger partial charge in [-0.3, -0.25) is 0 Å². The van der Waals surface area contributed by atoms with Crippen molar-refractivity contribution in [2.45, 2.75) is 66.9 Å². The molecule has 8 nitrogen and oxygen atoms in total. The Kier molecular flexibility index (Phi) is 12.8. The molecule has 0 spiro atoms. The SMILES string of the molecule is CCOC(C)Oc1ccc([S+](c2ccc(OC(C)OCC)cc2)c2ccccn2)cc1.Cc1ccc(S(=O)(=O)[O-])cc1. The van der Waals surface area contributed by atoms with Crippen molar-refractivity contribution in [3.05, 3.63) is 103 Å². The second kappa shape index (κ2) is 16.3. The Hall–Kier alpha value is -3.41. The molecular formula is C32H37NO7S2. The molecule has 2 unspecified atom stereocenters. The Balaban J connectivity index is 0.000000369. The highest BCUT2D eigenvalue weighted by atomic mass is 32.2. The van der Waals surface area contributed by atoms with Crippen LogP contribution in [0.15, 0.2) is 117 Å². The van der Waals surface area contributed by atoms with Crippen LogP contribution >= 0.6 is 0 Å². The lowest BCUT2D eigenvalue weighted by Crippen LogP contribution is -2.16. The first-order chi connectivity index (χ1) is 20.1. The molecule has 0 saturated heterocycles. The summed E-state index contributed by atoms with van der Waals surface area (Å²) in [5.41, 5.74) is 0.928. The molecule has 3 aromatic carbocycles. The fraction of sp³-hybridized carbons (Fsp3) is 0.281. The number of benzene rings is 3. The first-order valence-electron chi connectivity index (χ1n) is 13.5. The number of aromatic nitrogens is 1. The zero-order valence-corrected chi connectivity index (χ0v) is 26.1. The van der Waals surface area contributed by atoms with E-state index in [0.29, 0.717) is 13.2 Å². The molecule has 1 aromatic heterocycles. The van der Waals surface area contributed by atoms with Crippen molar-refractivity contribution in [3.63, 3.8) is 0 Å². The molecule has 224 valence electrons. The zero-order valence-electron chi connectivity index (χ0n) is 24.4. The molecule has 0 aliphatic rings. The number of rotatable bonds is 12. The highest BCUT2D eigenvalue weighted by Crippen LogP contribution is 2.32. The Labute approximate surface area is 251 Å². The number of aryl methyl sites for hydroxylation is 1. The van der Waals surface area contributed by atoms with Gasteiger partial charge in [-0.05, 0) is 101 Å². The first kappa shape index (κ1) is 33.1. The third-order valence-electron chi connectivity index (χ3n) is 5.68. The second-order valence-electron chi connectivity index (χ2n) is 8.97. The topological polar surface area (TPSA) is 107 Å². The summed E-state index contributed by atoms with van der Waals surface area (Å²) < 4.78 is 53.7. The number of nitrogens with zero attached hydrogens (tertiary/aromatic N) is 1. The summed E-state index contributed by atoms with van der Waals surface area (Å²) in [7, 11) is -4.62. The summed E-state index contributed by atoms with van der Waals surface area (Å²) >= 11 is 0. The van der Waals surface area contributed by atoms with E-state index in [-0.39, 0.29) is 28.4 Å². The van der Waals surface area contributed by atoms with E-state index in [9.17, 15) is 13.0 Å². The quantitative estimate of drug-likeness (QED) is 0.100. The van der Waals surface area contributed by atoms with Gasteiger partial charge in [0.05, 0.1) is 4.90 Å². The van der Waals surface area contributed by atoms with Gasteiger partial charge in [0.2, 0.25) is 0 Å². The highest BCUT2D eigenvalue weighted by Gasteiger charge is 2.30. The van der Waals surface area contributed by atoms with Crippen LogP contribution in [0.25, 0.3) is 0 Å². The van der Waals surface area contributed by atoms with Gasteiger partial charge >= 0.3 is 0 Å². The predicted octanol–water partition coefficient (Wildman–Crippen LogP) is 6.60. The fourth-order valence-electron chi connectivity index (χ4n) is 3.78. The monoisotopic (exact) mass is 611 g/mol. The maximum atomic E-state index is 10.4. The maximum absolute atomic E-state index is 10.4. The molecule has 42 heavy (non-hydrogen) atoms. The molecule has 0 N–H and O–H groups in total. The van der Waals surface area contributed by atoms with Gasteiger partial charge in [-0.15, -0.1) is 0 Å². The van der Waals surface area contributed by atoms with E-state index in [2.05, 4.69) is 35.3 Å². The van der Waals surface area contributed by atoms with E-state index >= 15 is 0 Å². The van der Waals surface area contributed by atoms with Crippen molar-refractivity contribution in [1.29, 1.82) is 0 Å². The largest absolute Gasteiger partial charge is 0.744 e. The lowest BCUT2D eigenvalue weighted by Gasteiger charge is -2.15. The molecule has 0 fully saturated rings. The normalized spacial score (nSPS) is 13.3. The van der Waals surface area contributed by atoms with Crippen LogP contribution in [-0.4, -0.2) is 43.7 Å². The fourth-order valence-corrected chi connectivity index (χ4v) is 6.20. The lowest BCUT2D eigenvalue weighted by atomic mass is 10.2. The van der Waals surface area contributed by atoms with E-state index < -0.39 is 10.1 Å². The Morgan fingerprint density at radius 3 is 1.60 bits per heavy atom. The van der Waals surface area contributed by atoms with Crippen molar-refractivity contribution in [3.8, 4) is 11.5 Å². The molecule has 2 atom stereocenters. The zero-order chi connectivity index (χ0) is 30.5. The van der Waals surface area contributed by atoms with Gasteiger partial charge < -0.3 is 23.5 Å². The van der Waals surface area contributed by atoms with Crippen molar-refractivity contribution >= 4 is 21.0 Å². The van der Waals surface area contributed by atoms with E-state index in [0.717, 1.165) is 31.9 Å². The molecule has 0 radical (unpaired) electrons. The van der Waals surface area contributed by atoms with Gasteiger partial charge in [0.15, 0.2) is 22.4 Å². The molecule has 4 rings (SSSR count). The van der Waals surface area contributed by atoms with Crippen LogP contribution in [0.4, 0.5) is 0 Å². The van der Waals surface area contributed by atoms with Crippen LogP contribution in [0.2, 0.25) is 0 Å². The van der Waals surface area contributed by atoms with Crippen LogP contribution in [0, 0.1) is 6.92 Å². The Morgan fingerprint density at radius 1 is 0.738 bits per heavy atom. The van der Waals surface area contributed by atoms with Crippen molar-refractivity contribution < 1.29 is 31.9 Å². The number of pyridine rings is 1. The van der Waals surface area contributed by atoms with Crippen molar-refractivity contribution in [2.24, 2.45) is 0 Å². The first-order valence-corrected chi connectivity index (χ1v) is 16.2.